The van der Waals surface area contributed by atoms with Crippen molar-refractivity contribution >= 4 is 33.0 Å². The van der Waals surface area contributed by atoms with Gasteiger partial charge in [0, 0.05) is 18.5 Å². The molecule has 0 amide bonds. The molecular formula is C14H11ClFN3O3S2. The first-order valence-corrected chi connectivity index (χ1v) is 9.45. The molecule has 0 fully saturated rings. The van der Waals surface area contributed by atoms with E-state index in [9.17, 15) is 12.8 Å². The van der Waals surface area contributed by atoms with Crippen molar-refractivity contribution in [1.29, 1.82) is 0 Å². The Morgan fingerprint density at radius 2 is 1.96 bits per heavy atom. The number of rotatable bonds is 6. The Kier molecular flexibility index (Phi) is 4.95. The van der Waals surface area contributed by atoms with Crippen molar-refractivity contribution in [2.45, 2.75) is 10.6 Å². The lowest BCUT2D eigenvalue weighted by Crippen LogP contribution is -2.25. The van der Waals surface area contributed by atoms with Gasteiger partial charge in [-0.3, -0.25) is 0 Å². The van der Waals surface area contributed by atoms with Gasteiger partial charge < -0.3 is 4.52 Å². The highest BCUT2D eigenvalue weighted by molar-refractivity contribution is 7.91. The van der Waals surface area contributed by atoms with Crippen LogP contribution in [0.15, 0.2) is 45.1 Å². The lowest BCUT2D eigenvalue weighted by Gasteiger charge is -2.02. The summed E-state index contributed by atoms with van der Waals surface area (Å²) < 4.78 is 45.0. The van der Waals surface area contributed by atoms with Crippen LogP contribution in [0.1, 0.15) is 5.89 Å². The molecule has 0 aliphatic rings. The maximum Gasteiger partial charge on any atom is 0.250 e. The van der Waals surface area contributed by atoms with Crippen LogP contribution in [0.3, 0.4) is 0 Å². The summed E-state index contributed by atoms with van der Waals surface area (Å²) in [5, 5.41) is 3.79. The molecule has 0 aliphatic carbocycles. The zero-order valence-electron chi connectivity index (χ0n) is 12.1. The monoisotopic (exact) mass is 387 g/mol. The van der Waals surface area contributed by atoms with Crippen molar-refractivity contribution < 1.29 is 17.3 Å². The van der Waals surface area contributed by atoms with Crippen LogP contribution < -0.4 is 4.72 Å². The molecule has 2 heterocycles. The fourth-order valence-corrected chi connectivity index (χ4v) is 4.44. The second-order valence-electron chi connectivity index (χ2n) is 4.72. The molecule has 1 aromatic carbocycles. The van der Waals surface area contributed by atoms with Gasteiger partial charge in [0.05, 0.1) is 4.34 Å². The Morgan fingerprint density at radius 3 is 2.62 bits per heavy atom. The van der Waals surface area contributed by atoms with E-state index in [0.29, 0.717) is 15.7 Å². The molecule has 0 saturated heterocycles. The van der Waals surface area contributed by atoms with Gasteiger partial charge in [0.15, 0.2) is 0 Å². The molecule has 24 heavy (non-hydrogen) atoms. The molecule has 0 unspecified atom stereocenters. The molecule has 0 saturated carbocycles. The maximum absolute atomic E-state index is 12.9. The molecule has 0 spiro atoms. The Labute approximate surface area is 146 Å². The van der Waals surface area contributed by atoms with E-state index >= 15 is 0 Å². The number of aromatic nitrogens is 2. The first-order valence-electron chi connectivity index (χ1n) is 6.77. The van der Waals surface area contributed by atoms with Crippen molar-refractivity contribution in [3.05, 3.63) is 52.4 Å². The SMILES string of the molecule is O=S(=O)(NCCc1nc(-c2ccc(F)cc2)no1)c1ccc(Cl)s1. The lowest BCUT2D eigenvalue weighted by atomic mass is 10.2. The molecule has 10 heteroatoms. The number of nitrogens with zero attached hydrogens (tertiary/aromatic N) is 2. The molecule has 0 bridgehead atoms. The third kappa shape index (κ3) is 3.99. The van der Waals surface area contributed by atoms with Crippen LogP contribution >= 0.6 is 22.9 Å². The van der Waals surface area contributed by atoms with Crippen LogP contribution in [-0.4, -0.2) is 25.1 Å². The maximum atomic E-state index is 12.9. The molecule has 3 aromatic rings. The second kappa shape index (κ2) is 6.98. The van der Waals surface area contributed by atoms with E-state index in [-0.39, 0.29) is 28.9 Å². The van der Waals surface area contributed by atoms with Crippen LogP contribution in [-0.2, 0) is 16.4 Å². The van der Waals surface area contributed by atoms with Crippen LogP contribution in [0.5, 0.6) is 0 Å². The second-order valence-corrected chi connectivity index (χ2v) is 8.43. The van der Waals surface area contributed by atoms with Crippen molar-refractivity contribution in [3.8, 4) is 11.4 Å². The fourth-order valence-electron chi connectivity index (χ4n) is 1.88. The summed E-state index contributed by atoms with van der Waals surface area (Å²) in [5.74, 6) is 0.240. The number of hydrogen-bond acceptors (Lipinski definition) is 6. The predicted molar refractivity (Wildman–Crippen MR) is 87.9 cm³/mol. The lowest BCUT2D eigenvalue weighted by molar-refractivity contribution is 0.379. The average Bonchev–Trinajstić information content (AvgIpc) is 3.17. The zero-order valence-corrected chi connectivity index (χ0v) is 14.5. The Balaban J connectivity index is 1.61. The summed E-state index contributed by atoms with van der Waals surface area (Å²) in [7, 11) is -3.61. The van der Waals surface area contributed by atoms with Crippen LogP contribution in [0, 0.1) is 5.82 Å². The first-order chi connectivity index (χ1) is 11.4. The molecule has 3 rings (SSSR count). The van der Waals surface area contributed by atoms with E-state index in [0.717, 1.165) is 11.3 Å². The van der Waals surface area contributed by atoms with E-state index < -0.39 is 10.0 Å². The van der Waals surface area contributed by atoms with Gasteiger partial charge in [0.2, 0.25) is 21.7 Å². The van der Waals surface area contributed by atoms with E-state index in [4.69, 9.17) is 16.1 Å². The van der Waals surface area contributed by atoms with Crippen molar-refractivity contribution in [2.24, 2.45) is 0 Å². The van der Waals surface area contributed by atoms with Gasteiger partial charge in [0.1, 0.15) is 10.0 Å². The number of hydrogen-bond donors (Lipinski definition) is 1. The van der Waals surface area contributed by atoms with Gasteiger partial charge >= 0.3 is 0 Å². The summed E-state index contributed by atoms with van der Waals surface area (Å²) in [5.41, 5.74) is 0.611. The third-order valence-electron chi connectivity index (χ3n) is 3.01. The van der Waals surface area contributed by atoms with Crippen molar-refractivity contribution in [2.75, 3.05) is 6.54 Å². The van der Waals surface area contributed by atoms with E-state index in [1.165, 1.54) is 36.4 Å². The average molecular weight is 388 g/mol. The molecule has 0 atom stereocenters. The molecule has 126 valence electrons. The Bertz CT molecular complexity index is 938. The van der Waals surface area contributed by atoms with Gasteiger partial charge in [0.25, 0.3) is 0 Å². The highest BCUT2D eigenvalue weighted by Crippen LogP contribution is 2.25. The number of sulfonamides is 1. The largest absolute Gasteiger partial charge is 0.339 e. The molecule has 6 nitrogen and oxygen atoms in total. The van der Waals surface area contributed by atoms with E-state index in [1.54, 1.807) is 0 Å². The number of nitrogens with one attached hydrogen (secondary N) is 1. The fraction of sp³-hybridized carbons (Fsp3) is 0.143. The van der Waals surface area contributed by atoms with Gasteiger partial charge in [-0.15, -0.1) is 11.3 Å². The van der Waals surface area contributed by atoms with Crippen LogP contribution in [0.4, 0.5) is 4.39 Å². The zero-order chi connectivity index (χ0) is 17.2. The predicted octanol–water partition coefficient (Wildman–Crippen LogP) is 3.11. The minimum Gasteiger partial charge on any atom is -0.339 e. The summed E-state index contributed by atoms with van der Waals surface area (Å²) in [4.78, 5) is 4.15. The minimum atomic E-state index is -3.61. The number of benzene rings is 1. The van der Waals surface area contributed by atoms with Crippen LogP contribution in [0.2, 0.25) is 4.34 Å². The topological polar surface area (TPSA) is 85.1 Å². The molecular weight excluding hydrogens is 377 g/mol. The summed E-state index contributed by atoms with van der Waals surface area (Å²) in [6, 6.07) is 8.63. The molecule has 0 aliphatic heterocycles. The van der Waals surface area contributed by atoms with Crippen molar-refractivity contribution in [3.63, 3.8) is 0 Å². The van der Waals surface area contributed by atoms with Gasteiger partial charge in [-0.2, -0.15) is 4.98 Å². The Hall–Kier alpha value is -1.81. The van der Waals surface area contributed by atoms with Gasteiger partial charge in [-0.05, 0) is 36.4 Å². The summed E-state index contributed by atoms with van der Waals surface area (Å²) >= 11 is 6.71. The Morgan fingerprint density at radius 1 is 1.21 bits per heavy atom. The quantitative estimate of drug-likeness (QED) is 0.702. The minimum absolute atomic E-state index is 0.100. The van der Waals surface area contributed by atoms with Gasteiger partial charge in [-0.1, -0.05) is 16.8 Å². The smallest absolute Gasteiger partial charge is 0.250 e. The summed E-state index contributed by atoms with van der Waals surface area (Å²) in [6.45, 7) is 0.100. The normalized spacial score (nSPS) is 11.8. The number of halogens is 2. The summed E-state index contributed by atoms with van der Waals surface area (Å²) in [6.07, 6.45) is 0.229. The molecule has 1 N–H and O–H groups in total. The third-order valence-corrected chi connectivity index (χ3v) is 6.20. The number of thiophene rings is 1. The highest BCUT2D eigenvalue weighted by Gasteiger charge is 2.17. The first kappa shape index (κ1) is 17.0. The molecule has 0 radical (unpaired) electrons. The molecule has 2 aromatic heterocycles. The van der Waals surface area contributed by atoms with Crippen LogP contribution in [0.25, 0.3) is 11.4 Å². The van der Waals surface area contributed by atoms with Crippen molar-refractivity contribution in [1.82, 2.24) is 14.9 Å². The highest BCUT2D eigenvalue weighted by atomic mass is 35.5. The van der Waals surface area contributed by atoms with E-state index in [2.05, 4.69) is 14.9 Å². The standard InChI is InChI=1S/C14H11ClFN3O3S2/c15-11-5-6-13(23-11)24(20,21)17-8-7-12-18-14(19-22-12)9-1-3-10(16)4-2-9/h1-6,17H,7-8H2. The van der Waals surface area contributed by atoms with E-state index in [1.807, 2.05) is 0 Å². The van der Waals surface area contributed by atoms with Gasteiger partial charge in [-0.25, -0.2) is 17.5 Å².